The number of halogens is 1. The lowest BCUT2D eigenvalue weighted by molar-refractivity contribution is -0.123. The molecular formula is C18H19ClN2O4. The summed E-state index contributed by atoms with van der Waals surface area (Å²) >= 11 is 5.92. The fourth-order valence-electron chi connectivity index (χ4n) is 2.18. The van der Waals surface area contributed by atoms with Crippen LogP contribution in [0.15, 0.2) is 36.4 Å². The van der Waals surface area contributed by atoms with Gasteiger partial charge in [-0.15, -0.1) is 0 Å². The molecule has 0 bridgehead atoms. The number of hydrogen-bond acceptors (Lipinski definition) is 4. The minimum atomic E-state index is -0.469. The third-order valence-corrected chi connectivity index (χ3v) is 3.71. The maximum Gasteiger partial charge on any atom is 0.233 e. The molecule has 25 heavy (non-hydrogen) atoms. The van der Waals surface area contributed by atoms with Crippen LogP contribution in [0.2, 0.25) is 5.02 Å². The van der Waals surface area contributed by atoms with E-state index in [9.17, 15) is 9.59 Å². The number of aryl methyl sites for hydroxylation is 1. The van der Waals surface area contributed by atoms with E-state index >= 15 is 0 Å². The summed E-state index contributed by atoms with van der Waals surface area (Å²) in [4.78, 5) is 24.2. The highest BCUT2D eigenvalue weighted by atomic mass is 35.5. The summed E-state index contributed by atoms with van der Waals surface area (Å²) in [6.45, 7) is 1.84. The number of amides is 2. The summed E-state index contributed by atoms with van der Waals surface area (Å²) in [6, 6.07) is 10.2. The largest absolute Gasteiger partial charge is 0.497 e. The van der Waals surface area contributed by atoms with E-state index in [1.54, 1.807) is 36.4 Å². The van der Waals surface area contributed by atoms with E-state index in [2.05, 4.69) is 10.6 Å². The Morgan fingerprint density at radius 2 is 1.64 bits per heavy atom. The highest BCUT2D eigenvalue weighted by Crippen LogP contribution is 2.29. The number of rotatable bonds is 6. The average Bonchev–Trinajstić information content (AvgIpc) is 2.57. The van der Waals surface area contributed by atoms with Crippen molar-refractivity contribution in [2.45, 2.75) is 13.3 Å². The number of anilines is 2. The zero-order valence-electron chi connectivity index (χ0n) is 14.2. The van der Waals surface area contributed by atoms with Gasteiger partial charge in [0.25, 0.3) is 0 Å². The minimum absolute atomic E-state index is 0.341. The van der Waals surface area contributed by atoms with Crippen molar-refractivity contribution >= 4 is 34.8 Å². The highest BCUT2D eigenvalue weighted by Gasteiger charge is 2.14. The van der Waals surface area contributed by atoms with Crippen molar-refractivity contribution in [3.8, 4) is 11.5 Å². The molecular weight excluding hydrogens is 344 g/mol. The molecule has 0 saturated heterocycles. The molecule has 0 saturated carbocycles. The van der Waals surface area contributed by atoms with Crippen LogP contribution < -0.4 is 20.1 Å². The van der Waals surface area contributed by atoms with Crippen LogP contribution in [-0.2, 0) is 9.59 Å². The molecule has 0 atom stereocenters. The zero-order valence-corrected chi connectivity index (χ0v) is 14.9. The number of ether oxygens (including phenoxy) is 2. The Hall–Kier alpha value is -2.73. The van der Waals surface area contributed by atoms with Gasteiger partial charge in [0, 0.05) is 16.8 Å². The van der Waals surface area contributed by atoms with Crippen molar-refractivity contribution in [2.24, 2.45) is 0 Å². The normalized spacial score (nSPS) is 10.1. The van der Waals surface area contributed by atoms with Gasteiger partial charge in [-0.2, -0.15) is 0 Å². The van der Waals surface area contributed by atoms with Crippen molar-refractivity contribution in [1.82, 2.24) is 0 Å². The highest BCUT2D eigenvalue weighted by molar-refractivity contribution is 6.31. The van der Waals surface area contributed by atoms with Crippen LogP contribution in [0, 0.1) is 6.92 Å². The Morgan fingerprint density at radius 1 is 0.960 bits per heavy atom. The molecule has 2 aromatic rings. The molecule has 6 nitrogen and oxygen atoms in total. The Bertz CT molecular complexity index is 793. The first-order valence-corrected chi connectivity index (χ1v) is 7.88. The van der Waals surface area contributed by atoms with E-state index in [1.807, 2.05) is 6.92 Å². The first-order chi connectivity index (χ1) is 11.9. The molecule has 132 valence electrons. The number of hydrogen-bond donors (Lipinski definition) is 2. The molecule has 2 aromatic carbocycles. The van der Waals surface area contributed by atoms with Crippen LogP contribution in [0.3, 0.4) is 0 Å². The van der Waals surface area contributed by atoms with E-state index in [-0.39, 0.29) is 6.42 Å². The predicted octanol–water partition coefficient (Wildman–Crippen LogP) is 3.63. The predicted molar refractivity (Wildman–Crippen MR) is 97.6 cm³/mol. The SMILES string of the molecule is COc1ccc(OC)c(NC(=O)CC(=O)Nc2cc(Cl)ccc2C)c1. The first-order valence-electron chi connectivity index (χ1n) is 7.51. The lowest BCUT2D eigenvalue weighted by Gasteiger charge is -2.12. The second-order valence-corrected chi connectivity index (χ2v) is 5.74. The maximum absolute atomic E-state index is 12.1. The maximum atomic E-state index is 12.1. The van der Waals surface area contributed by atoms with Crippen molar-refractivity contribution in [3.63, 3.8) is 0 Å². The van der Waals surface area contributed by atoms with E-state index in [0.717, 1.165) is 5.56 Å². The van der Waals surface area contributed by atoms with Crippen molar-refractivity contribution < 1.29 is 19.1 Å². The Kier molecular flexibility index (Phi) is 6.25. The smallest absolute Gasteiger partial charge is 0.233 e. The van der Waals surface area contributed by atoms with E-state index in [0.29, 0.717) is 27.9 Å². The molecule has 0 aliphatic heterocycles. The molecule has 0 radical (unpaired) electrons. The molecule has 2 N–H and O–H groups in total. The van der Waals surface area contributed by atoms with E-state index in [4.69, 9.17) is 21.1 Å². The Morgan fingerprint density at radius 3 is 2.28 bits per heavy atom. The van der Waals surface area contributed by atoms with Crippen LogP contribution in [-0.4, -0.2) is 26.0 Å². The van der Waals surface area contributed by atoms with Crippen LogP contribution in [0.1, 0.15) is 12.0 Å². The van der Waals surface area contributed by atoms with Gasteiger partial charge in [0.1, 0.15) is 17.9 Å². The van der Waals surface area contributed by atoms with Crippen LogP contribution in [0.25, 0.3) is 0 Å². The van der Waals surface area contributed by atoms with E-state index < -0.39 is 11.8 Å². The zero-order chi connectivity index (χ0) is 18.4. The second-order valence-electron chi connectivity index (χ2n) is 5.30. The van der Waals surface area contributed by atoms with Gasteiger partial charge >= 0.3 is 0 Å². The number of carbonyl (C=O) groups is 2. The van der Waals surface area contributed by atoms with Gasteiger partial charge in [0.15, 0.2) is 0 Å². The molecule has 0 aliphatic rings. The quantitative estimate of drug-likeness (QED) is 0.769. The molecule has 2 rings (SSSR count). The molecule has 0 aromatic heterocycles. The minimum Gasteiger partial charge on any atom is -0.497 e. The van der Waals surface area contributed by atoms with Crippen LogP contribution >= 0.6 is 11.6 Å². The number of carbonyl (C=O) groups excluding carboxylic acids is 2. The molecule has 0 heterocycles. The van der Waals surface area contributed by atoms with Gasteiger partial charge < -0.3 is 20.1 Å². The molecule has 0 aliphatic carbocycles. The summed E-state index contributed by atoms with van der Waals surface area (Å²) < 4.78 is 10.3. The van der Waals surface area contributed by atoms with Gasteiger partial charge in [-0.05, 0) is 36.8 Å². The number of nitrogens with one attached hydrogen (secondary N) is 2. The number of benzene rings is 2. The van der Waals surface area contributed by atoms with Crippen molar-refractivity contribution in [1.29, 1.82) is 0 Å². The number of methoxy groups -OCH3 is 2. The Labute approximate surface area is 151 Å². The Balaban J connectivity index is 2.02. The van der Waals surface area contributed by atoms with E-state index in [1.165, 1.54) is 14.2 Å². The molecule has 7 heteroatoms. The lowest BCUT2D eigenvalue weighted by Crippen LogP contribution is -2.22. The van der Waals surface area contributed by atoms with Crippen LogP contribution in [0.4, 0.5) is 11.4 Å². The molecule has 0 spiro atoms. The molecule has 2 amide bonds. The van der Waals surface area contributed by atoms with Gasteiger partial charge in [-0.1, -0.05) is 17.7 Å². The lowest BCUT2D eigenvalue weighted by atomic mass is 10.2. The van der Waals surface area contributed by atoms with Gasteiger partial charge in [-0.25, -0.2) is 0 Å². The van der Waals surface area contributed by atoms with Crippen molar-refractivity contribution in [3.05, 3.63) is 47.0 Å². The van der Waals surface area contributed by atoms with Gasteiger partial charge in [0.05, 0.1) is 19.9 Å². The fourth-order valence-corrected chi connectivity index (χ4v) is 2.35. The average molecular weight is 363 g/mol. The summed E-state index contributed by atoms with van der Waals surface area (Å²) in [5.41, 5.74) is 1.86. The molecule has 0 unspecified atom stereocenters. The standard InChI is InChI=1S/C18H19ClN2O4/c1-11-4-5-12(19)8-14(11)20-17(22)10-18(23)21-15-9-13(24-2)6-7-16(15)25-3/h4-9H,10H2,1-3H3,(H,20,22)(H,21,23). The summed E-state index contributed by atoms with van der Waals surface area (Å²) in [7, 11) is 3.01. The fraction of sp³-hybridized carbons (Fsp3) is 0.222. The summed E-state index contributed by atoms with van der Waals surface area (Å²) in [6.07, 6.45) is -0.341. The van der Waals surface area contributed by atoms with Crippen LogP contribution in [0.5, 0.6) is 11.5 Å². The monoisotopic (exact) mass is 362 g/mol. The third kappa shape index (κ3) is 5.12. The van der Waals surface area contributed by atoms with Crippen molar-refractivity contribution in [2.75, 3.05) is 24.9 Å². The summed E-state index contributed by atoms with van der Waals surface area (Å²) in [5.74, 6) is 0.129. The van der Waals surface area contributed by atoms with Gasteiger partial charge in [-0.3, -0.25) is 9.59 Å². The topological polar surface area (TPSA) is 76.7 Å². The molecule has 0 fully saturated rings. The van der Waals surface area contributed by atoms with Gasteiger partial charge in [0.2, 0.25) is 11.8 Å². The third-order valence-electron chi connectivity index (χ3n) is 3.48. The first kappa shape index (κ1) is 18.6. The second kappa shape index (κ2) is 8.39. The summed E-state index contributed by atoms with van der Waals surface area (Å²) in [5, 5.41) is 5.83.